The molecule has 0 spiro atoms. The van der Waals surface area contributed by atoms with E-state index in [4.69, 9.17) is 0 Å². The van der Waals surface area contributed by atoms with E-state index in [1.54, 1.807) is 12.1 Å². The maximum Gasteiger partial charge on any atom is 0.243 e. The van der Waals surface area contributed by atoms with Crippen molar-refractivity contribution in [2.24, 2.45) is 17.8 Å². The van der Waals surface area contributed by atoms with Crippen molar-refractivity contribution in [2.75, 3.05) is 26.2 Å². The second-order valence-electron chi connectivity index (χ2n) is 9.14. The summed E-state index contributed by atoms with van der Waals surface area (Å²) < 4.78 is 27.4. The first kappa shape index (κ1) is 21.5. The smallest absolute Gasteiger partial charge is 0.243 e. The summed E-state index contributed by atoms with van der Waals surface area (Å²) >= 11 is 0. The fourth-order valence-corrected chi connectivity index (χ4v) is 6.88. The van der Waals surface area contributed by atoms with Gasteiger partial charge in [0.2, 0.25) is 15.9 Å². The number of hydrogen-bond donors (Lipinski definition) is 0. The van der Waals surface area contributed by atoms with Crippen molar-refractivity contribution in [1.29, 1.82) is 0 Å². The largest absolute Gasteiger partial charge is 0.342 e. The number of nitrogens with zero attached hydrogens (tertiary/aromatic N) is 2. The van der Waals surface area contributed by atoms with Crippen LogP contribution < -0.4 is 0 Å². The van der Waals surface area contributed by atoms with Gasteiger partial charge in [-0.2, -0.15) is 4.31 Å². The van der Waals surface area contributed by atoms with Crippen LogP contribution >= 0.6 is 0 Å². The molecular formula is C23H32N2O4S. The highest BCUT2D eigenvalue weighted by Crippen LogP contribution is 2.37. The summed E-state index contributed by atoms with van der Waals surface area (Å²) in [5.41, 5.74) is 0.500. The second kappa shape index (κ2) is 8.79. The van der Waals surface area contributed by atoms with Crippen LogP contribution in [0.5, 0.6) is 0 Å². The van der Waals surface area contributed by atoms with Gasteiger partial charge < -0.3 is 4.90 Å². The Kier molecular flexibility index (Phi) is 6.30. The van der Waals surface area contributed by atoms with Crippen LogP contribution in [-0.4, -0.2) is 55.5 Å². The van der Waals surface area contributed by atoms with Gasteiger partial charge in [-0.1, -0.05) is 31.4 Å². The van der Waals surface area contributed by atoms with E-state index in [1.807, 2.05) is 0 Å². The van der Waals surface area contributed by atoms with E-state index in [0.29, 0.717) is 37.4 Å². The number of benzene rings is 1. The summed E-state index contributed by atoms with van der Waals surface area (Å²) in [6.07, 6.45) is 7.46. The molecule has 1 saturated carbocycles. The number of amides is 1. The summed E-state index contributed by atoms with van der Waals surface area (Å²) in [6.45, 7) is 3.95. The van der Waals surface area contributed by atoms with E-state index in [9.17, 15) is 18.0 Å². The Labute approximate surface area is 179 Å². The van der Waals surface area contributed by atoms with Crippen LogP contribution in [0.1, 0.15) is 62.2 Å². The highest BCUT2D eigenvalue weighted by Gasteiger charge is 2.37. The molecule has 0 N–H and O–H groups in total. The lowest BCUT2D eigenvalue weighted by Crippen LogP contribution is -2.49. The van der Waals surface area contributed by atoms with Crippen LogP contribution in [-0.2, 0) is 14.8 Å². The molecule has 2 atom stereocenters. The normalized spacial score (nSPS) is 26.2. The molecule has 164 valence electrons. The molecule has 0 bridgehead atoms. The third-order valence-corrected chi connectivity index (χ3v) is 9.22. The molecule has 1 aliphatic carbocycles. The van der Waals surface area contributed by atoms with E-state index in [1.165, 1.54) is 49.0 Å². The van der Waals surface area contributed by atoms with Crippen LogP contribution in [0.15, 0.2) is 29.2 Å². The van der Waals surface area contributed by atoms with Crippen molar-refractivity contribution in [3.05, 3.63) is 29.8 Å². The van der Waals surface area contributed by atoms with Gasteiger partial charge in [0.25, 0.3) is 0 Å². The molecule has 6 nitrogen and oxygen atoms in total. The third kappa shape index (κ3) is 4.33. The summed E-state index contributed by atoms with van der Waals surface area (Å²) in [5.74, 6) is 1.52. The molecule has 3 aliphatic rings. The number of piperidine rings is 2. The molecule has 1 amide bonds. The molecule has 0 unspecified atom stereocenters. The number of ketones is 1. The van der Waals surface area contributed by atoms with Gasteiger partial charge in [-0.05, 0) is 56.6 Å². The number of rotatable bonds is 4. The number of hydrogen-bond acceptors (Lipinski definition) is 4. The van der Waals surface area contributed by atoms with Crippen LogP contribution in [0.2, 0.25) is 0 Å². The van der Waals surface area contributed by atoms with Crippen molar-refractivity contribution in [3.8, 4) is 0 Å². The maximum absolute atomic E-state index is 13.1. The van der Waals surface area contributed by atoms with Crippen molar-refractivity contribution in [3.63, 3.8) is 0 Å². The van der Waals surface area contributed by atoms with Crippen LogP contribution in [0.3, 0.4) is 0 Å². The zero-order valence-electron chi connectivity index (χ0n) is 17.8. The Morgan fingerprint density at radius 1 is 0.867 bits per heavy atom. The summed E-state index contributed by atoms with van der Waals surface area (Å²) in [4.78, 5) is 26.8. The molecule has 4 rings (SSSR count). The fraction of sp³-hybridized carbons (Fsp3) is 0.652. The standard InChI is InChI=1S/C23H32N2O4S/c1-17(26)18-6-8-22(9-7-18)30(28,29)25-14-11-20(12-15-25)23(27)24-13-10-19-4-2-3-5-21(19)16-24/h6-9,19-21H,2-5,10-16H2,1H3/t19-,21+/m1/s1. The van der Waals surface area contributed by atoms with E-state index in [0.717, 1.165) is 25.4 Å². The van der Waals surface area contributed by atoms with Crippen molar-refractivity contribution < 1.29 is 18.0 Å². The Morgan fingerprint density at radius 2 is 1.50 bits per heavy atom. The van der Waals surface area contributed by atoms with Gasteiger partial charge in [0.15, 0.2) is 5.78 Å². The summed E-state index contributed by atoms with van der Waals surface area (Å²) in [6, 6.07) is 6.11. The Morgan fingerprint density at radius 3 is 2.13 bits per heavy atom. The molecule has 0 radical (unpaired) electrons. The maximum atomic E-state index is 13.1. The Hall–Kier alpha value is -1.73. The van der Waals surface area contributed by atoms with Gasteiger partial charge in [0, 0.05) is 37.7 Å². The zero-order valence-corrected chi connectivity index (χ0v) is 18.6. The lowest BCUT2D eigenvalue weighted by molar-refractivity contribution is -0.139. The van der Waals surface area contributed by atoms with E-state index in [-0.39, 0.29) is 22.5 Å². The number of likely N-dealkylation sites (tertiary alicyclic amines) is 1. The predicted octanol–water partition coefficient (Wildman–Crippen LogP) is 3.33. The minimum Gasteiger partial charge on any atom is -0.342 e. The van der Waals surface area contributed by atoms with Crippen LogP contribution in [0, 0.1) is 17.8 Å². The van der Waals surface area contributed by atoms with E-state index < -0.39 is 10.0 Å². The van der Waals surface area contributed by atoms with Gasteiger partial charge in [0.1, 0.15) is 0 Å². The first-order valence-electron chi connectivity index (χ1n) is 11.3. The second-order valence-corrected chi connectivity index (χ2v) is 11.1. The molecular weight excluding hydrogens is 400 g/mol. The molecule has 2 aliphatic heterocycles. The lowest BCUT2D eigenvalue weighted by Gasteiger charge is -2.43. The first-order valence-corrected chi connectivity index (χ1v) is 12.7. The van der Waals surface area contributed by atoms with Crippen molar-refractivity contribution in [1.82, 2.24) is 9.21 Å². The molecule has 1 aromatic rings. The lowest BCUT2D eigenvalue weighted by atomic mass is 9.75. The van der Waals surface area contributed by atoms with Crippen LogP contribution in [0.4, 0.5) is 0 Å². The molecule has 7 heteroatoms. The minimum absolute atomic E-state index is 0.0725. The van der Waals surface area contributed by atoms with Crippen molar-refractivity contribution >= 4 is 21.7 Å². The highest BCUT2D eigenvalue weighted by molar-refractivity contribution is 7.89. The number of Topliss-reactive ketones (excluding diaryl/α,β-unsaturated/α-hetero) is 1. The molecule has 3 fully saturated rings. The van der Waals surface area contributed by atoms with Crippen molar-refractivity contribution in [2.45, 2.75) is 56.8 Å². The quantitative estimate of drug-likeness (QED) is 0.684. The number of sulfonamides is 1. The van der Waals surface area contributed by atoms with Gasteiger partial charge >= 0.3 is 0 Å². The summed E-state index contributed by atoms with van der Waals surface area (Å²) in [5, 5.41) is 0. The highest BCUT2D eigenvalue weighted by atomic mass is 32.2. The number of fused-ring (bicyclic) bond motifs is 1. The first-order chi connectivity index (χ1) is 14.4. The monoisotopic (exact) mass is 432 g/mol. The number of carbonyl (C=O) groups is 2. The average Bonchev–Trinajstić information content (AvgIpc) is 2.78. The predicted molar refractivity (Wildman–Crippen MR) is 115 cm³/mol. The molecule has 30 heavy (non-hydrogen) atoms. The van der Waals surface area contributed by atoms with Crippen LogP contribution in [0.25, 0.3) is 0 Å². The molecule has 0 aromatic heterocycles. The van der Waals surface area contributed by atoms with Gasteiger partial charge in [0.05, 0.1) is 4.90 Å². The Bertz CT molecular complexity index is 888. The molecule has 2 saturated heterocycles. The minimum atomic E-state index is -3.60. The van der Waals surface area contributed by atoms with E-state index >= 15 is 0 Å². The Balaban J connectivity index is 1.35. The SMILES string of the molecule is CC(=O)c1ccc(S(=O)(=O)N2CCC(C(=O)N3CC[C@H]4CCCC[C@H]4C3)CC2)cc1. The van der Waals surface area contributed by atoms with Gasteiger partial charge in [-0.25, -0.2) is 8.42 Å². The molecule has 2 heterocycles. The topological polar surface area (TPSA) is 74.8 Å². The number of carbonyl (C=O) groups excluding carboxylic acids is 2. The summed E-state index contributed by atoms with van der Waals surface area (Å²) in [7, 11) is -3.60. The third-order valence-electron chi connectivity index (χ3n) is 7.30. The average molecular weight is 433 g/mol. The molecule has 1 aromatic carbocycles. The van der Waals surface area contributed by atoms with E-state index in [2.05, 4.69) is 4.90 Å². The van der Waals surface area contributed by atoms with Gasteiger partial charge in [-0.15, -0.1) is 0 Å². The fourth-order valence-electron chi connectivity index (χ4n) is 5.41. The van der Waals surface area contributed by atoms with Gasteiger partial charge in [-0.3, -0.25) is 9.59 Å². The zero-order chi connectivity index (χ0) is 21.3.